The molecule has 3 rings (SSSR count). The number of aromatic amines is 1. The first-order chi connectivity index (χ1) is 12.5. The van der Waals surface area contributed by atoms with Crippen molar-refractivity contribution in [2.45, 2.75) is 58.9 Å². The molecule has 1 aromatic heterocycles. The van der Waals surface area contributed by atoms with Crippen molar-refractivity contribution in [1.29, 1.82) is 0 Å². The summed E-state index contributed by atoms with van der Waals surface area (Å²) < 4.78 is 5.21. The van der Waals surface area contributed by atoms with Crippen LogP contribution in [0.2, 0.25) is 0 Å². The van der Waals surface area contributed by atoms with Crippen molar-refractivity contribution < 1.29 is 14.3 Å². The van der Waals surface area contributed by atoms with Crippen molar-refractivity contribution >= 4 is 22.8 Å². The Bertz CT molecular complexity index is 805. The number of carbonyl (C=O) groups is 2. The lowest BCUT2D eigenvalue weighted by atomic mass is 9.87. The van der Waals surface area contributed by atoms with E-state index in [0.29, 0.717) is 11.5 Å². The van der Waals surface area contributed by atoms with Gasteiger partial charge in [0.25, 0.3) is 5.91 Å². The molecule has 1 atom stereocenters. The highest BCUT2D eigenvalue weighted by atomic mass is 16.5. The standard InChI is InChI=1S/C21H28N2O3/c1-4-15(5-2)22-20(24)12-26-21(25)14-7-9-19-17(11-14)16-10-13(3)6-8-18(16)23-19/h7,9,11,13,15,23H,4-6,8,10,12H2,1-3H3,(H,22,24). The van der Waals surface area contributed by atoms with Crippen LogP contribution < -0.4 is 5.32 Å². The summed E-state index contributed by atoms with van der Waals surface area (Å²) in [4.78, 5) is 27.7. The summed E-state index contributed by atoms with van der Waals surface area (Å²) in [6.45, 7) is 6.07. The summed E-state index contributed by atoms with van der Waals surface area (Å²) in [7, 11) is 0. The van der Waals surface area contributed by atoms with Crippen LogP contribution in [-0.4, -0.2) is 29.5 Å². The van der Waals surface area contributed by atoms with Crippen LogP contribution in [0.5, 0.6) is 0 Å². The Hall–Kier alpha value is -2.30. The fourth-order valence-electron chi connectivity index (χ4n) is 3.69. The van der Waals surface area contributed by atoms with Gasteiger partial charge in [0.15, 0.2) is 6.61 Å². The van der Waals surface area contributed by atoms with Crippen LogP contribution in [0.1, 0.15) is 61.6 Å². The first kappa shape index (κ1) is 18.5. The molecule has 140 valence electrons. The Labute approximate surface area is 154 Å². The summed E-state index contributed by atoms with van der Waals surface area (Å²) in [6.07, 6.45) is 5.01. The van der Waals surface area contributed by atoms with Crippen molar-refractivity contribution in [1.82, 2.24) is 10.3 Å². The van der Waals surface area contributed by atoms with E-state index in [-0.39, 0.29) is 18.6 Å². The zero-order chi connectivity index (χ0) is 18.7. The van der Waals surface area contributed by atoms with Crippen molar-refractivity contribution in [3.63, 3.8) is 0 Å². The second kappa shape index (κ2) is 7.94. The predicted octanol–water partition coefficient (Wildman–Crippen LogP) is 3.75. The number of amides is 1. The Morgan fingerprint density at radius 1 is 1.31 bits per heavy atom. The SMILES string of the molecule is CCC(CC)NC(=O)COC(=O)c1ccc2[nH]c3c(c2c1)CC(C)CC3. The van der Waals surface area contributed by atoms with Gasteiger partial charge in [-0.1, -0.05) is 20.8 Å². The number of H-pyrrole nitrogens is 1. The van der Waals surface area contributed by atoms with Crippen LogP contribution in [-0.2, 0) is 22.4 Å². The van der Waals surface area contributed by atoms with Gasteiger partial charge in [-0.15, -0.1) is 0 Å². The normalized spacial score (nSPS) is 16.5. The molecular weight excluding hydrogens is 328 g/mol. The number of fused-ring (bicyclic) bond motifs is 3. The van der Waals surface area contributed by atoms with Crippen LogP contribution in [0, 0.1) is 5.92 Å². The van der Waals surface area contributed by atoms with E-state index < -0.39 is 5.97 Å². The molecule has 0 fully saturated rings. The molecule has 0 saturated heterocycles. The molecule has 2 aromatic rings. The zero-order valence-corrected chi connectivity index (χ0v) is 15.9. The fourth-order valence-corrected chi connectivity index (χ4v) is 3.69. The van der Waals surface area contributed by atoms with E-state index in [4.69, 9.17) is 4.74 Å². The van der Waals surface area contributed by atoms with Gasteiger partial charge in [-0.2, -0.15) is 0 Å². The van der Waals surface area contributed by atoms with Gasteiger partial charge in [-0.05, 0) is 61.8 Å². The van der Waals surface area contributed by atoms with E-state index in [9.17, 15) is 9.59 Å². The van der Waals surface area contributed by atoms with Gasteiger partial charge in [-0.3, -0.25) is 4.79 Å². The van der Waals surface area contributed by atoms with Gasteiger partial charge in [0.2, 0.25) is 0 Å². The van der Waals surface area contributed by atoms with Crippen LogP contribution in [0.25, 0.3) is 10.9 Å². The van der Waals surface area contributed by atoms with Gasteiger partial charge in [0.05, 0.1) is 5.56 Å². The molecule has 0 radical (unpaired) electrons. The maximum atomic E-state index is 12.4. The third-order valence-corrected chi connectivity index (χ3v) is 5.36. The topological polar surface area (TPSA) is 71.2 Å². The minimum atomic E-state index is -0.453. The van der Waals surface area contributed by atoms with E-state index in [1.807, 2.05) is 26.0 Å². The monoisotopic (exact) mass is 356 g/mol. The summed E-state index contributed by atoms with van der Waals surface area (Å²) in [5, 5.41) is 3.97. The van der Waals surface area contributed by atoms with Crippen LogP contribution in [0.15, 0.2) is 18.2 Å². The van der Waals surface area contributed by atoms with Gasteiger partial charge in [0.1, 0.15) is 0 Å². The summed E-state index contributed by atoms with van der Waals surface area (Å²) in [5.74, 6) is -0.0442. The molecule has 1 aromatic carbocycles. The second-order valence-corrected chi connectivity index (χ2v) is 7.35. The molecule has 0 spiro atoms. The Morgan fingerprint density at radius 3 is 2.81 bits per heavy atom. The maximum absolute atomic E-state index is 12.4. The molecule has 5 nitrogen and oxygen atoms in total. The number of benzene rings is 1. The van der Waals surface area contributed by atoms with Crippen molar-refractivity contribution in [2.75, 3.05) is 6.61 Å². The highest BCUT2D eigenvalue weighted by molar-refractivity contribution is 5.97. The van der Waals surface area contributed by atoms with Crippen LogP contribution >= 0.6 is 0 Å². The molecule has 2 N–H and O–H groups in total. The molecular formula is C21H28N2O3. The Balaban J connectivity index is 1.69. The number of esters is 1. The number of nitrogens with one attached hydrogen (secondary N) is 2. The number of aromatic nitrogens is 1. The predicted molar refractivity (Wildman–Crippen MR) is 102 cm³/mol. The smallest absolute Gasteiger partial charge is 0.338 e. The molecule has 1 aliphatic carbocycles. The number of hydrogen-bond donors (Lipinski definition) is 2. The fraction of sp³-hybridized carbons (Fsp3) is 0.524. The van der Waals surface area contributed by atoms with E-state index in [1.54, 1.807) is 6.07 Å². The lowest BCUT2D eigenvalue weighted by Gasteiger charge is -2.18. The molecule has 0 saturated carbocycles. The molecule has 1 amide bonds. The average molecular weight is 356 g/mol. The largest absolute Gasteiger partial charge is 0.452 e. The Morgan fingerprint density at radius 2 is 2.08 bits per heavy atom. The molecule has 5 heteroatoms. The molecule has 1 unspecified atom stereocenters. The third-order valence-electron chi connectivity index (χ3n) is 5.36. The first-order valence-electron chi connectivity index (χ1n) is 9.61. The summed E-state index contributed by atoms with van der Waals surface area (Å²) in [6, 6.07) is 5.71. The number of rotatable bonds is 6. The van der Waals surface area contributed by atoms with Crippen molar-refractivity contribution in [2.24, 2.45) is 5.92 Å². The molecule has 1 heterocycles. The van der Waals surface area contributed by atoms with Crippen molar-refractivity contribution in [3.05, 3.63) is 35.0 Å². The zero-order valence-electron chi connectivity index (χ0n) is 15.9. The minimum Gasteiger partial charge on any atom is -0.452 e. The quantitative estimate of drug-likeness (QED) is 0.774. The second-order valence-electron chi connectivity index (χ2n) is 7.35. The summed E-state index contributed by atoms with van der Waals surface area (Å²) in [5.41, 5.74) is 4.16. The number of aryl methyl sites for hydroxylation is 1. The molecule has 1 aliphatic rings. The molecule has 26 heavy (non-hydrogen) atoms. The van der Waals surface area contributed by atoms with Gasteiger partial charge in [0, 0.05) is 22.6 Å². The molecule has 0 bridgehead atoms. The van der Waals surface area contributed by atoms with E-state index in [0.717, 1.165) is 36.6 Å². The van der Waals surface area contributed by atoms with Gasteiger partial charge < -0.3 is 15.0 Å². The number of carbonyl (C=O) groups excluding carboxylic acids is 2. The highest BCUT2D eigenvalue weighted by Gasteiger charge is 2.21. The van der Waals surface area contributed by atoms with Gasteiger partial charge >= 0.3 is 5.97 Å². The van der Waals surface area contributed by atoms with Crippen molar-refractivity contribution in [3.8, 4) is 0 Å². The van der Waals surface area contributed by atoms with E-state index in [1.165, 1.54) is 17.7 Å². The maximum Gasteiger partial charge on any atom is 0.338 e. The minimum absolute atomic E-state index is 0.130. The third kappa shape index (κ3) is 3.92. The average Bonchev–Trinajstić information content (AvgIpc) is 3.01. The highest BCUT2D eigenvalue weighted by Crippen LogP contribution is 2.32. The lowest BCUT2D eigenvalue weighted by molar-refractivity contribution is -0.125. The van der Waals surface area contributed by atoms with E-state index >= 15 is 0 Å². The number of ether oxygens (including phenoxy) is 1. The Kier molecular flexibility index (Phi) is 5.64. The number of hydrogen-bond acceptors (Lipinski definition) is 3. The van der Waals surface area contributed by atoms with Crippen LogP contribution in [0.4, 0.5) is 0 Å². The van der Waals surface area contributed by atoms with E-state index in [2.05, 4.69) is 17.2 Å². The van der Waals surface area contributed by atoms with Crippen LogP contribution in [0.3, 0.4) is 0 Å². The lowest BCUT2D eigenvalue weighted by Crippen LogP contribution is -2.36. The summed E-state index contributed by atoms with van der Waals surface area (Å²) >= 11 is 0. The molecule has 0 aliphatic heterocycles. The first-order valence-corrected chi connectivity index (χ1v) is 9.61. The van der Waals surface area contributed by atoms with Gasteiger partial charge in [-0.25, -0.2) is 4.79 Å².